The summed E-state index contributed by atoms with van der Waals surface area (Å²) in [6.07, 6.45) is 3.03. The fourth-order valence-corrected chi connectivity index (χ4v) is 5.79. The lowest BCUT2D eigenvalue weighted by atomic mass is 10.1. The van der Waals surface area contributed by atoms with Crippen LogP contribution in [0.1, 0.15) is 18.4 Å². The first-order valence-electron chi connectivity index (χ1n) is 7.50. The summed E-state index contributed by atoms with van der Waals surface area (Å²) in [5.74, 6) is 0.124. The normalized spacial score (nSPS) is 20.6. The number of phosphoric acid groups is 2. The van der Waals surface area contributed by atoms with Crippen molar-refractivity contribution in [1.29, 1.82) is 0 Å². The summed E-state index contributed by atoms with van der Waals surface area (Å²) in [6, 6.07) is 0. The zero-order chi connectivity index (χ0) is 20.8. The molecule has 3 rings (SSSR count). The Morgan fingerprint density at radius 3 is 2.43 bits per heavy atom. The molecule has 2 aromatic heterocycles. The maximum absolute atomic E-state index is 11.9. The van der Waals surface area contributed by atoms with E-state index >= 15 is 0 Å². The summed E-state index contributed by atoms with van der Waals surface area (Å²) in [5.41, 5.74) is 5.90. The van der Waals surface area contributed by atoms with Crippen LogP contribution in [0.3, 0.4) is 0 Å². The Morgan fingerprint density at radius 1 is 1.14 bits per heavy atom. The van der Waals surface area contributed by atoms with Crippen molar-refractivity contribution in [2.45, 2.75) is 24.9 Å². The predicted molar refractivity (Wildman–Crippen MR) is 90.7 cm³/mol. The maximum atomic E-state index is 11.9. The lowest BCUT2D eigenvalue weighted by Gasteiger charge is -2.20. The smallest absolute Gasteiger partial charge is 0.368 e. The number of nitrogens with two attached hydrogens (primary N) is 1. The van der Waals surface area contributed by atoms with Crippen LogP contribution in [0, 0.1) is 0 Å². The van der Waals surface area contributed by atoms with E-state index in [1.54, 1.807) is 0 Å². The highest BCUT2D eigenvalue weighted by Crippen LogP contribution is 2.66. The summed E-state index contributed by atoms with van der Waals surface area (Å²) in [4.78, 5) is 43.7. The molecular weight excluding hydrogens is 443 g/mol. The molecule has 2 unspecified atom stereocenters. The van der Waals surface area contributed by atoms with Gasteiger partial charge in [0.1, 0.15) is 12.7 Å². The van der Waals surface area contributed by atoms with Gasteiger partial charge in [-0.05, 0) is 12.8 Å². The number of hydrogen-bond acceptors (Lipinski definition) is 10. The Hall–Kier alpha value is -1.24. The second-order valence-electron chi connectivity index (χ2n) is 6.03. The first-order valence-corrected chi connectivity index (χ1v) is 12.3. The average molecular weight is 459 g/mol. The quantitative estimate of drug-likeness (QED) is 0.315. The number of hydrogen-bond donors (Lipinski definition) is 5. The molecule has 6 N–H and O–H groups in total. The Labute approximate surface area is 156 Å². The van der Waals surface area contributed by atoms with E-state index < -0.39 is 35.2 Å². The second-order valence-corrected chi connectivity index (χ2v) is 10.8. The Kier molecular flexibility index (Phi) is 5.54. The minimum atomic E-state index is -5.49. The van der Waals surface area contributed by atoms with Crippen LogP contribution in [-0.4, -0.2) is 51.1 Å². The molecule has 15 nitrogen and oxygen atoms in total. The zero-order valence-corrected chi connectivity index (χ0v) is 16.6. The molecule has 0 aromatic carbocycles. The van der Waals surface area contributed by atoms with Gasteiger partial charge in [-0.25, -0.2) is 23.4 Å². The molecule has 2 aromatic rings. The highest BCUT2D eigenvalue weighted by molar-refractivity contribution is 7.68. The van der Waals surface area contributed by atoms with E-state index in [1.807, 2.05) is 0 Å². The number of nitrogens with zero attached hydrogens (tertiary/aromatic N) is 4. The van der Waals surface area contributed by atoms with Crippen molar-refractivity contribution < 1.29 is 46.6 Å². The van der Waals surface area contributed by atoms with Crippen molar-refractivity contribution in [3.05, 3.63) is 18.1 Å². The summed E-state index contributed by atoms with van der Waals surface area (Å²) < 4.78 is 48.1. The van der Waals surface area contributed by atoms with Crippen molar-refractivity contribution in [3.63, 3.8) is 0 Å². The molecule has 1 saturated carbocycles. The van der Waals surface area contributed by atoms with Crippen LogP contribution in [0.4, 0.5) is 5.95 Å². The van der Waals surface area contributed by atoms with Crippen molar-refractivity contribution in [2.24, 2.45) is 0 Å². The van der Waals surface area contributed by atoms with Crippen LogP contribution in [0.15, 0.2) is 12.5 Å². The van der Waals surface area contributed by atoms with E-state index in [0.29, 0.717) is 24.1 Å². The van der Waals surface area contributed by atoms with E-state index in [2.05, 4.69) is 23.7 Å². The van der Waals surface area contributed by atoms with Gasteiger partial charge in [0.25, 0.3) is 0 Å². The SMILES string of the molecule is Nc1ncnc2c(CC3(OCP(=O)(O)OP(=O)(O)OP(=O)(O)O)CC3)cnn12. The molecule has 1 fully saturated rings. The van der Waals surface area contributed by atoms with E-state index in [4.69, 9.17) is 20.3 Å². The van der Waals surface area contributed by atoms with Gasteiger partial charge in [-0.15, -0.1) is 0 Å². The van der Waals surface area contributed by atoms with Crippen LogP contribution in [-0.2, 0) is 33.5 Å². The van der Waals surface area contributed by atoms with E-state index in [1.165, 1.54) is 17.0 Å². The van der Waals surface area contributed by atoms with Crippen LogP contribution in [0.2, 0.25) is 0 Å². The minimum Gasteiger partial charge on any atom is -0.368 e. The summed E-state index contributed by atoms with van der Waals surface area (Å²) in [7, 11) is -15.8. The predicted octanol–water partition coefficient (Wildman–Crippen LogP) is 0.167. The molecule has 0 bridgehead atoms. The van der Waals surface area contributed by atoms with Crippen molar-refractivity contribution in [1.82, 2.24) is 19.6 Å². The van der Waals surface area contributed by atoms with E-state index in [9.17, 15) is 23.5 Å². The lowest BCUT2D eigenvalue weighted by molar-refractivity contribution is 0.0543. The maximum Gasteiger partial charge on any atom is 0.488 e. The highest BCUT2D eigenvalue weighted by Gasteiger charge is 2.47. The monoisotopic (exact) mass is 459 g/mol. The Bertz CT molecular complexity index is 1030. The average Bonchev–Trinajstić information content (AvgIpc) is 3.15. The van der Waals surface area contributed by atoms with Crippen molar-refractivity contribution in [2.75, 3.05) is 12.1 Å². The molecule has 2 atom stereocenters. The van der Waals surface area contributed by atoms with Crippen molar-refractivity contribution in [3.8, 4) is 0 Å². The van der Waals surface area contributed by atoms with Gasteiger partial charge in [-0.3, -0.25) is 4.57 Å². The topological polar surface area (TPSA) is 229 Å². The first kappa shape index (κ1) is 21.5. The van der Waals surface area contributed by atoms with Crippen LogP contribution in [0.5, 0.6) is 0 Å². The standard InChI is InChI=1S/C10H16N5O10P3/c11-9-13-5-12-8-7(4-14-15(8)9)3-10(1-2-10)23-6-26(16,17)24-28(21,22)25-27(18,19)20/h4-5H,1-3,6H2,(H,16,17)(H,21,22)(H2,11,12,13)(H2,18,19,20). The van der Waals surface area contributed by atoms with Gasteiger partial charge >= 0.3 is 23.2 Å². The van der Waals surface area contributed by atoms with Gasteiger partial charge in [0, 0.05) is 12.0 Å². The highest BCUT2D eigenvalue weighted by atomic mass is 31.3. The van der Waals surface area contributed by atoms with Crippen LogP contribution in [0.25, 0.3) is 5.65 Å². The fraction of sp³-hybridized carbons (Fsp3) is 0.500. The molecule has 156 valence electrons. The number of nitrogen functional groups attached to an aromatic ring is 1. The van der Waals surface area contributed by atoms with Gasteiger partial charge in [-0.2, -0.15) is 13.9 Å². The first-order chi connectivity index (χ1) is 12.8. The minimum absolute atomic E-state index is 0.124. The van der Waals surface area contributed by atoms with E-state index in [0.717, 1.165) is 0 Å². The van der Waals surface area contributed by atoms with Crippen molar-refractivity contribution >= 4 is 34.8 Å². The zero-order valence-electron chi connectivity index (χ0n) is 13.9. The van der Waals surface area contributed by atoms with Gasteiger partial charge in [0.2, 0.25) is 5.95 Å². The molecule has 2 heterocycles. The molecule has 0 aliphatic heterocycles. The van der Waals surface area contributed by atoms with Crippen LogP contribution < -0.4 is 5.73 Å². The number of aromatic nitrogens is 4. The summed E-state index contributed by atoms with van der Waals surface area (Å²) in [6.45, 7) is 0. The molecular formula is C10H16N5O10P3. The van der Waals surface area contributed by atoms with Gasteiger partial charge in [-0.1, -0.05) is 0 Å². The third kappa shape index (κ3) is 5.43. The molecule has 0 radical (unpaired) electrons. The molecule has 1 aliphatic rings. The van der Waals surface area contributed by atoms with Gasteiger partial charge in [0.05, 0.1) is 11.8 Å². The summed E-state index contributed by atoms with van der Waals surface area (Å²) >= 11 is 0. The summed E-state index contributed by atoms with van der Waals surface area (Å²) in [5, 5.41) is 4.04. The molecule has 18 heteroatoms. The van der Waals surface area contributed by atoms with Crippen LogP contribution >= 0.6 is 23.2 Å². The fourth-order valence-electron chi connectivity index (χ4n) is 2.41. The van der Waals surface area contributed by atoms with Gasteiger partial charge in [0.15, 0.2) is 5.65 Å². The Balaban J connectivity index is 1.65. The molecule has 0 spiro atoms. The lowest BCUT2D eigenvalue weighted by Crippen LogP contribution is -2.19. The third-order valence-electron chi connectivity index (χ3n) is 3.70. The number of fused-ring (bicyclic) bond motifs is 1. The number of ether oxygens (including phenoxy) is 1. The molecule has 0 amide bonds. The Morgan fingerprint density at radius 2 is 1.82 bits per heavy atom. The molecule has 1 aliphatic carbocycles. The number of anilines is 1. The molecule has 0 saturated heterocycles. The van der Waals surface area contributed by atoms with E-state index in [-0.39, 0.29) is 12.4 Å². The second kappa shape index (κ2) is 7.22. The number of rotatable bonds is 9. The molecule has 28 heavy (non-hydrogen) atoms. The van der Waals surface area contributed by atoms with Gasteiger partial charge < -0.3 is 30.0 Å². The largest absolute Gasteiger partial charge is 0.488 e. The third-order valence-corrected chi connectivity index (χ3v) is 7.68.